The van der Waals surface area contributed by atoms with Crippen molar-refractivity contribution >= 4 is 0 Å². The molecule has 0 bridgehead atoms. The third-order valence-electron chi connectivity index (χ3n) is 4.62. The molecule has 2 heterocycles. The summed E-state index contributed by atoms with van der Waals surface area (Å²) in [7, 11) is 0.831. The third kappa shape index (κ3) is 3.73. The van der Waals surface area contributed by atoms with Crippen LogP contribution in [0.2, 0.25) is 0 Å². The zero-order valence-corrected chi connectivity index (χ0v) is 15.3. The Morgan fingerprint density at radius 3 is 2.37 bits per heavy atom. The van der Waals surface area contributed by atoms with E-state index in [1.807, 2.05) is 0 Å². The van der Waals surface area contributed by atoms with Gasteiger partial charge in [0.25, 0.3) is 0 Å². The van der Waals surface area contributed by atoms with Crippen molar-refractivity contribution in [3.05, 3.63) is 53.0 Å². The SMILES string of the molecule is Cn1nc(C(F)(F)C(F)(F)F)c(C(F)(F)F)c1-n1cc(C2C=CC=C(CN)C2)cn1. The fourth-order valence-corrected chi connectivity index (χ4v) is 3.16. The molecule has 0 aromatic carbocycles. The molecular weight excluding hydrogens is 426 g/mol. The van der Waals surface area contributed by atoms with Gasteiger partial charge in [0.2, 0.25) is 0 Å². The topological polar surface area (TPSA) is 61.7 Å². The number of halogens is 8. The van der Waals surface area contributed by atoms with E-state index in [0.29, 0.717) is 21.3 Å². The molecule has 13 heteroatoms. The predicted molar refractivity (Wildman–Crippen MR) is 88.9 cm³/mol. The van der Waals surface area contributed by atoms with Gasteiger partial charge in [0.1, 0.15) is 5.56 Å². The molecule has 5 nitrogen and oxygen atoms in total. The molecule has 2 aromatic heterocycles. The van der Waals surface area contributed by atoms with Crippen LogP contribution in [0.15, 0.2) is 36.2 Å². The van der Waals surface area contributed by atoms with E-state index in [1.165, 1.54) is 6.20 Å². The zero-order valence-electron chi connectivity index (χ0n) is 15.3. The molecule has 0 saturated carbocycles. The largest absolute Gasteiger partial charge is 0.459 e. The average molecular weight is 441 g/mol. The van der Waals surface area contributed by atoms with Gasteiger partial charge in [-0.25, -0.2) is 9.36 Å². The summed E-state index contributed by atoms with van der Waals surface area (Å²) in [5.41, 5.74) is 2.26. The number of aromatic nitrogens is 4. The lowest BCUT2D eigenvalue weighted by atomic mass is 9.90. The van der Waals surface area contributed by atoms with Gasteiger partial charge in [-0.1, -0.05) is 23.8 Å². The number of allylic oxidation sites excluding steroid dienone is 3. The maximum atomic E-state index is 13.8. The molecule has 2 N–H and O–H groups in total. The van der Waals surface area contributed by atoms with E-state index in [2.05, 4.69) is 10.2 Å². The van der Waals surface area contributed by atoms with Crippen molar-refractivity contribution in [1.29, 1.82) is 0 Å². The van der Waals surface area contributed by atoms with Crippen molar-refractivity contribution in [3.8, 4) is 5.82 Å². The highest BCUT2D eigenvalue weighted by Crippen LogP contribution is 2.49. The lowest BCUT2D eigenvalue weighted by molar-refractivity contribution is -0.292. The van der Waals surface area contributed by atoms with Gasteiger partial charge in [-0.2, -0.15) is 45.3 Å². The summed E-state index contributed by atoms with van der Waals surface area (Å²) in [5, 5.41) is 6.62. The van der Waals surface area contributed by atoms with Gasteiger partial charge in [-0.15, -0.1) is 0 Å². The van der Waals surface area contributed by atoms with Crippen LogP contribution in [0.25, 0.3) is 5.82 Å². The van der Waals surface area contributed by atoms with Gasteiger partial charge in [0, 0.05) is 25.7 Å². The molecule has 0 aliphatic heterocycles. The minimum atomic E-state index is -6.26. The molecule has 30 heavy (non-hydrogen) atoms. The molecular formula is C17H15F8N5. The highest BCUT2D eigenvalue weighted by Gasteiger charge is 2.64. The summed E-state index contributed by atoms with van der Waals surface area (Å²) in [6.45, 7) is 0.269. The lowest BCUT2D eigenvalue weighted by Gasteiger charge is -2.19. The van der Waals surface area contributed by atoms with Gasteiger partial charge < -0.3 is 5.73 Å². The van der Waals surface area contributed by atoms with Crippen molar-refractivity contribution in [2.45, 2.75) is 30.6 Å². The Labute approximate surface area is 164 Å². The van der Waals surface area contributed by atoms with E-state index in [1.54, 1.807) is 18.2 Å². The smallest absolute Gasteiger partial charge is 0.327 e. The first-order valence-corrected chi connectivity index (χ1v) is 8.47. The Balaban J connectivity index is 2.11. The van der Waals surface area contributed by atoms with Crippen LogP contribution in [-0.4, -0.2) is 32.3 Å². The quantitative estimate of drug-likeness (QED) is 0.724. The van der Waals surface area contributed by atoms with E-state index in [0.717, 1.165) is 18.8 Å². The van der Waals surface area contributed by atoms with Crippen molar-refractivity contribution in [2.75, 3.05) is 6.54 Å². The maximum Gasteiger partial charge on any atom is 0.459 e. The first-order chi connectivity index (χ1) is 13.8. The first kappa shape index (κ1) is 22.0. The van der Waals surface area contributed by atoms with Gasteiger partial charge in [0.15, 0.2) is 11.5 Å². The van der Waals surface area contributed by atoms with Gasteiger partial charge >= 0.3 is 18.3 Å². The maximum absolute atomic E-state index is 13.8. The second-order valence-electron chi connectivity index (χ2n) is 6.68. The van der Waals surface area contributed by atoms with Crippen molar-refractivity contribution in [2.24, 2.45) is 12.8 Å². The van der Waals surface area contributed by atoms with Crippen LogP contribution in [0, 0.1) is 0 Å². The van der Waals surface area contributed by atoms with Crippen molar-refractivity contribution in [3.63, 3.8) is 0 Å². The molecule has 1 atom stereocenters. The highest BCUT2D eigenvalue weighted by atomic mass is 19.4. The summed E-state index contributed by atoms with van der Waals surface area (Å²) in [4.78, 5) is 0. The molecule has 1 aliphatic carbocycles. The summed E-state index contributed by atoms with van der Waals surface area (Å²) in [6, 6.07) is 0. The molecule has 164 valence electrons. The first-order valence-electron chi connectivity index (χ1n) is 8.47. The van der Waals surface area contributed by atoms with E-state index < -0.39 is 35.4 Å². The Hall–Kier alpha value is -2.70. The standard InChI is InChI=1S/C17H15F8N5/c1-29-14(12(16(20,21)22)13(28-29)15(18,19)17(23,24)25)30-8-11(7-27-30)10-4-2-3-9(5-10)6-26/h2-4,7-8,10H,5-6,26H2,1H3. The minimum absolute atomic E-state index is 0.269. The molecule has 0 fully saturated rings. The normalized spacial score (nSPS) is 18.1. The summed E-state index contributed by atoms with van der Waals surface area (Å²) in [6.07, 6.45) is -3.74. The number of alkyl halides is 8. The lowest BCUT2D eigenvalue weighted by Crippen LogP contribution is -2.36. The van der Waals surface area contributed by atoms with E-state index in [-0.39, 0.29) is 12.5 Å². The fourth-order valence-electron chi connectivity index (χ4n) is 3.16. The highest BCUT2D eigenvalue weighted by molar-refractivity contribution is 5.43. The Morgan fingerprint density at radius 1 is 1.13 bits per heavy atom. The molecule has 2 aromatic rings. The summed E-state index contributed by atoms with van der Waals surface area (Å²) >= 11 is 0. The van der Waals surface area contributed by atoms with Gasteiger partial charge in [0.05, 0.1) is 6.20 Å². The second kappa shape index (κ2) is 7.22. The Morgan fingerprint density at radius 2 is 1.80 bits per heavy atom. The van der Waals surface area contributed by atoms with Crippen LogP contribution in [0.3, 0.4) is 0 Å². The number of rotatable bonds is 4. The van der Waals surface area contributed by atoms with Crippen LogP contribution in [0.5, 0.6) is 0 Å². The number of hydrogen-bond donors (Lipinski definition) is 1. The molecule has 0 radical (unpaired) electrons. The predicted octanol–water partition coefficient (Wildman–Crippen LogP) is 4.21. The molecule has 1 aliphatic rings. The Bertz CT molecular complexity index is 993. The van der Waals surface area contributed by atoms with E-state index in [9.17, 15) is 35.1 Å². The van der Waals surface area contributed by atoms with Crippen molar-refractivity contribution in [1.82, 2.24) is 19.6 Å². The van der Waals surface area contributed by atoms with Crippen LogP contribution in [0.1, 0.15) is 29.2 Å². The Kier molecular flexibility index (Phi) is 5.29. The molecule has 0 spiro atoms. The summed E-state index contributed by atoms with van der Waals surface area (Å²) < 4.78 is 107. The van der Waals surface area contributed by atoms with E-state index in [4.69, 9.17) is 5.73 Å². The third-order valence-corrected chi connectivity index (χ3v) is 4.62. The minimum Gasteiger partial charge on any atom is -0.327 e. The van der Waals surface area contributed by atoms with Crippen LogP contribution < -0.4 is 5.73 Å². The molecule has 0 amide bonds. The molecule has 0 saturated heterocycles. The van der Waals surface area contributed by atoms with Crippen LogP contribution >= 0.6 is 0 Å². The number of nitrogens with zero attached hydrogens (tertiary/aromatic N) is 4. The average Bonchev–Trinajstić information content (AvgIpc) is 3.25. The number of nitrogens with two attached hydrogens (primary N) is 1. The van der Waals surface area contributed by atoms with Crippen LogP contribution in [0.4, 0.5) is 35.1 Å². The fraction of sp³-hybridized carbons (Fsp3) is 0.412. The number of hydrogen-bond acceptors (Lipinski definition) is 3. The van der Waals surface area contributed by atoms with Gasteiger partial charge in [-0.3, -0.25) is 0 Å². The number of aryl methyl sites for hydroxylation is 1. The monoisotopic (exact) mass is 441 g/mol. The molecule has 1 unspecified atom stereocenters. The summed E-state index contributed by atoms with van der Waals surface area (Å²) in [5.74, 6) is -7.15. The van der Waals surface area contributed by atoms with Gasteiger partial charge in [-0.05, 0) is 12.0 Å². The molecule has 3 rings (SSSR count). The van der Waals surface area contributed by atoms with E-state index >= 15 is 0 Å². The van der Waals surface area contributed by atoms with Crippen LogP contribution in [-0.2, 0) is 19.1 Å². The van der Waals surface area contributed by atoms with Crippen molar-refractivity contribution < 1.29 is 35.1 Å². The second-order valence-corrected chi connectivity index (χ2v) is 6.68. The zero-order chi connectivity index (χ0) is 22.5.